The molecule has 1 aliphatic rings. The molecule has 0 saturated carbocycles. The van der Waals surface area contributed by atoms with E-state index in [2.05, 4.69) is 16.3 Å². The van der Waals surface area contributed by atoms with Gasteiger partial charge in [0.1, 0.15) is 18.3 Å². The van der Waals surface area contributed by atoms with E-state index in [0.29, 0.717) is 12.1 Å². The van der Waals surface area contributed by atoms with Gasteiger partial charge in [-0.05, 0) is 51.2 Å². The number of piperidine rings is 1. The number of hydrogen-bond donors (Lipinski definition) is 5. The van der Waals surface area contributed by atoms with Gasteiger partial charge >= 0.3 is 0 Å². The Balaban J connectivity index is 1.68. The lowest BCUT2D eigenvalue weighted by molar-refractivity contribution is -0.145. The predicted molar refractivity (Wildman–Crippen MR) is 116 cm³/mol. The Bertz CT molecular complexity index is 694. The van der Waals surface area contributed by atoms with E-state index in [1.54, 1.807) is 0 Å². The Hall–Kier alpha value is -1.73. The van der Waals surface area contributed by atoms with Crippen molar-refractivity contribution in [2.24, 2.45) is 0 Å². The maximum Gasteiger partial charge on any atom is 0.109 e. The third-order valence-electron chi connectivity index (χ3n) is 5.61. The predicted octanol–water partition coefficient (Wildman–Crippen LogP) is 0.351. The maximum atomic E-state index is 10.0. The second-order valence-corrected chi connectivity index (χ2v) is 8.36. The molecule has 30 heavy (non-hydrogen) atoms. The Labute approximate surface area is 179 Å². The molecule has 1 aliphatic heterocycles. The van der Waals surface area contributed by atoms with E-state index in [1.807, 2.05) is 37.2 Å². The number of aliphatic hydroxyl groups excluding tert-OH is 4. The van der Waals surface area contributed by atoms with Crippen LogP contribution in [0.15, 0.2) is 18.2 Å². The van der Waals surface area contributed by atoms with Crippen LogP contribution in [0.1, 0.15) is 36.8 Å². The minimum absolute atomic E-state index is 0.247. The molecule has 0 radical (unpaired) electrons. The molecule has 1 fully saturated rings. The summed E-state index contributed by atoms with van der Waals surface area (Å²) in [5, 5.41) is 51.8. The first-order chi connectivity index (χ1) is 14.4. The highest BCUT2D eigenvalue weighted by Gasteiger charge is 2.40. The van der Waals surface area contributed by atoms with E-state index in [1.165, 1.54) is 0 Å². The average Bonchev–Trinajstić information content (AvgIpc) is 2.71. The van der Waals surface area contributed by atoms with Crippen molar-refractivity contribution in [1.29, 1.82) is 5.26 Å². The van der Waals surface area contributed by atoms with Gasteiger partial charge in [0.15, 0.2) is 0 Å². The van der Waals surface area contributed by atoms with Crippen LogP contribution in [0.3, 0.4) is 0 Å². The number of nitriles is 1. The molecule has 0 aliphatic carbocycles. The van der Waals surface area contributed by atoms with E-state index < -0.39 is 24.4 Å². The van der Waals surface area contributed by atoms with Crippen LogP contribution >= 0.6 is 0 Å². The van der Waals surface area contributed by atoms with Crippen LogP contribution in [0.2, 0.25) is 0 Å². The van der Waals surface area contributed by atoms with Crippen LogP contribution in [0.5, 0.6) is 0 Å². The molecule has 1 saturated heterocycles. The molecule has 4 atom stereocenters. The highest BCUT2D eigenvalue weighted by molar-refractivity contribution is 5.58. The standard InChI is InChI=1S/C22H36N4O4/c1-25(2)13-16-7-8-18(17(11-16)12-23)24-9-5-3-4-6-10-26-14-20(28)22(30)21(29)19(26)15-27/h7-8,11,19-22,24,27-30H,3-6,9-10,13-15H2,1-2H3/t19-,20+,21-,22-/m1/s1. The molecule has 0 unspecified atom stereocenters. The second kappa shape index (κ2) is 12.2. The Kier molecular flexibility index (Phi) is 9.98. The van der Waals surface area contributed by atoms with Gasteiger partial charge in [-0.15, -0.1) is 0 Å². The number of hydrogen-bond acceptors (Lipinski definition) is 8. The zero-order valence-corrected chi connectivity index (χ0v) is 18.0. The third kappa shape index (κ3) is 6.91. The van der Waals surface area contributed by atoms with Crippen molar-refractivity contribution in [3.8, 4) is 6.07 Å². The molecule has 5 N–H and O–H groups in total. The van der Waals surface area contributed by atoms with Crippen molar-refractivity contribution < 1.29 is 20.4 Å². The number of likely N-dealkylation sites (tertiary alicyclic amines) is 1. The van der Waals surface area contributed by atoms with Crippen molar-refractivity contribution in [3.05, 3.63) is 29.3 Å². The summed E-state index contributed by atoms with van der Waals surface area (Å²) in [7, 11) is 4.00. The average molecular weight is 421 g/mol. The van der Waals surface area contributed by atoms with Crippen LogP contribution in [0, 0.1) is 11.3 Å². The number of nitrogens with zero attached hydrogens (tertiary/aromatic N) is 3. The number of benzene rings is 1. The molecule has 0 bridgehead atoms. The van der Waals surface area contributed by atoms with Crippen LogP contribution in [0.25, 0.3) is 0 Å². The molecule has 1 aromatic rings. The molecule has 0 spiro atoms. The molecule has 8 nitrogen and oxygen atoms in total. The molecule has 0 amide bonds. The van der Waals surface area contributed by atoms with E-state index >= 15 is 0 Å². The number of anilines is 1. The zero-order valence-electron chi connectivity index (χ0n) is 18.0. The Morgan fingerprint density at radius 3 is 2.53 bits per heavy atom. The largest absolute Gasteiger partial charge is 0.395 e. The molecule has 168 valence electrons. The van der Waals surface area contributed by atoms with Crippen LogP contribution < -0.4 is 5.32 Å². The molecule has 2 rings (SSSR count). The summed E-state index contributed by atoms with van der Waals surface area (Å²) >= 11 is 0. The Morgan fingerprint density at radius 1 is 1.13 bits per heavy atom. The van der Waals surface area contributed by atoms with Crippen molar-refractivity contribution in [2.75, 3.05) is 45.7 Å². The second-order valence-electron chi connectivity index (χ2n) is 8.36. The van der Waals surface area contributed by atoms with Crippen molar-refractivity contribution in [2.45, 2.75) is 56.6 Å². The zero-order chi connectivity index (χ0) is 22.1. The molecule has 1 heterocycles. The number of unbranched alkanes of at least 4 members (excludes halogenated alkanes) is 3. The Morgan fingerprint density at radius 2 is 1.87 bits per heavy atom. The third-order valence-corrected chi connectivity index (χ3v) is 5.61. The minimum Gasteiger partial charge on any atom is -0.395 e. The fraction of sp³-hybridized carbons (Fsp3) is 0.682. The summed E-state index contributed by atoms with van der Waals surface area (Å²) in [6, 6.07) is 7.66. The molecular weight excluding hydrogens is 384 g/mol. The molecular formula is C22H36N4O4. The van der Waals surface area contributed by atoms with Gasteiger partial charge in [-0.2, -0.15) is 5.26 Å². The van der Waals surface area contributed by atoms with Crippen LogP contribution in [0.4, 0.5) is 5.69 Å². The quantitative estimate of drug-likeness (QED) is 0.325. The fourth-order valence-electron chi connectivity index (χ4n) is 3.95. The van der Waals surface area contributed by atoms with Gasteiger partial charge < -0.3 is 30.6 Å². The lowest BCUT2D eigenvalue weighted by Crippen LogP contribution is -2.62. The SMILES string of the molecule is CN(C)Cc1ccc(NCCCCCCN2C[C@H](O)[C@@H](O)[C@H](O)[C@H]2CO)c(C#N)c1. The van der Waals surface area contributed by atoms with Gasteiger partial charge in [0.05, 0.1) is 30.0 Å². The number of nitrogens with one attached hydrogen (secondary N) is 1. The number of aliphatic hydroxyl groups is 4. The van der Waals surface area contributed by atoms with Crippen LogP contribution in [-0.2, 0) is 6.54 Å². The van der Waals surface area contributed by atoms with Crippen molar-refractivity contribution in [3.63, 3.8) is 0 Å². The molecule has 1 aromatic carbocycles. The molecule has 0 aromatic heterocycles. The van der Waals surface area contributed by atoms with Crippen molar-refractivity contribution >= 4 is 5.69 Å². The highest BCUT2D eigenvalue weighted by Crippen LogP contribution is 2.20. The summed E-state index contributed by atoms with van der Waals surface area (Å²) in [6.07, 6.45) is 0.509. The lowest BCUT2D eigenvalue weighted by Gasteiger charge is -2.43. The first-order valence-electron chi connectivity index (χ1n) is 10.7. The lowest BCUT2D eigenvalue weighted by atomic mass is 9.94. The van der Waals surface area contributed by atoms with Gasteiger partial charge in [0.25, 0.3) is 0 Å². The van der Waals surface area contributed by atoms with Crippen LogP contribution in [-0.4, -0.2) is 94.9 Å². The summed E-state index contributed by atoms with van der Waals surface area (Å²) in [6.45, 7) is 2.26. The first kappa shape index (κ1) is 24.5. The van der Waals surface area contributed by atoms with Gasteiger partial charge in [-0.3, -0.25) is 4.90 Å². The maximum absolute atomic E-state index is 10.0. The van der Waals surface area contributed by atoms with Gasteiger partial charge in [0, 0.05) is 19.6 Å². The smallest absolute Gasteiger partial charge is 0.109 e. The monoisotopic (exact) mass is 420 g/mol. The van der Waals surface area contributed by atoms with E-state index in [-0.39, 0.29) is 13.2 Å². The van der Waals surface area contributed by atoms with Crippen molar-refractivity contribution in [1.82, 2.24) is 9.80 Å². The van der Waals surface area contributed by atoms with Gasteiger partial charge in [0.2, 0.25) is 0 Å². The number of β-amino-alcohol motifs (C(OH)–C–C–N with tert-alkyl or cyclic N) is 1. The molecule has 8 heteroatoms. The fourth-order valence-corrected chi connectivity index (χ4v) is 3.95. The topological polar surface area (TPSA) is 123 Å². The number of rotatable bonds is 11. The van der Waals surface area contributed by atoms with E-state index in [4.69, 9.17) is 0 Å². The summed E-state index contributed by atoms with van der Waals surface area (Å²) in [5.41, 5.74) is 2.64. The summed E-state index contributed by atoms with van der Waals surface area (Å²) in [5.74, 6) is 0. The minimum atomic E-state index is -1.21. The summed E-state index contributed by atoms with van der Waals surface area (Å²) in [4.78, 5) is 3.93. The normalized spacial score (nSPS) is 24.7. The highest BCUT2D eigenvalue weighted by atomic mass is 16.4. The van der Waals surface area contributed by atoms with Gasteiger partial charge in [-0.25, -0.2) is 0 Å². The van der Waals surface area contributed by atoms with E-state index in [9.17, 15) is 25.7 Å². The first-order valence-corrected chi connectivity index (χ1v) is 10.7. The summed E-state index contributed by atoms with van der Waals surface area (Å²) < 4.78 is 0. The van der Waals surface area contributed by atoms with Gasteiger partial charge in [-0.1, -0.05) is 18.9 Å². The van der Waals surface area contributed by atoms with E-state index in [0.717, 1.165) is 50.0 Å².